The van der Waals surface area contributed by atoms with Crippen LogP contribution in [0.4, 0.5) is 5.69 Å². The van der Waals surface area contributed by atoms with Crippen molar-refractivity contribution in [1.82, 2.24) is 14.9 Å². The van der Waals surface area contributed by atoms with Gasteiger partial charge in [0.2, 0.25) is 10.0 Å². The van der Waals surface area contributed by atoms with Crippen LogP contribution in [0.2, 0.25) is 0 Å². The monoisotopic (exact) mass is 567 g/mol. The highest BCUT2D eigenvalue weighted by atomic mass is 127. The molecule has 1 unspecified atom stereocenters. The highest BCUT2D eigenvalue weighted by Gasteiger charge is 2.24. The summed E-state index contributed by atoms with van der Waals surface area (Å²) in [6.45, 7) is 5.67. The zero-order chi connectivity index (χ0) is 20.7. The first-order valence-electron chi connectivity index (χ1n) is 10.3. The van der Waals surface area contributed by atoms with Crippen molar-refractivity contribution in [1.29, 1.82) is 0 Å². The van der Waals surface area contributed by atoms with Gasteiger partial charge in [-0.2, -0.15) is 11.8 Å². The Labute approximate surface area is 202 Å². The summed E-state index contributed by atoms with van der Waals surface area (Å²) in [4.78, 5) is 6.68. The smallest absolute Gasteiger partial charge is 0.215 e. The molecule has 0 saturated carbocycles. The van der Waals surface area contributed by atoms with Gasteiger partial charge in [0.05, 0.1) is 5.75 Å². The third-order valence-electron chi connectivity index (χ3n) is 5.40. The summed E-state index contributed by atoms with van der Waals surface area (Å²) in [6, 6.07) is 8.93. The molecule has 0 aliphatic carbocycles. The highest BCUT2D eigenvalue weighted by molar-refractivity contribution is 14.0. The minimum Gasteiger partial charge on any atom is -0.369 e. The molecule has 2 saturated heterocycles. The molecule has 3 rings (SSSR count). The van der Waals surface area contributed by atoms with Crippen molar-refractivity contribution in [3.8, 4) is 0 Å². The molecule has 1 atom stereocenters. The number of aliphatic imine (C=N–C) groups is 1. The van der Waals surface area contributed by atoms with Gasteiger partial charge >= 0.3 is 0 Å². The quantitative estimate of drug-likeness (QED) is 0.312. The van der Waals surface area contributed by atoms with Crippen LogP contribution in [-0.4, -0.2) is 81.8 Å². The molecule has 0 radical (unpaired) electrons. The Morgan fingerprint density at radius 3 is 2.57 bits per heavy atom. The van der Waals surface area contributed by atoms with Crippen molar-refractivity contribution >= 4 is 57.4 Å². The second-order valence-electron chi connectivity index (χ2n) is 7.59. The van der Waals surface area contributed by atoms with E-state index in [4.69, 9.17) is 0 Å². The number of nitrogens with one attached hydrogen (secondary N) is 2. The average Bonchev–Trinajstić information content (AvgIpc) is 2.74. The van der Waals surface area contributed by atoms with E-state index in [9.17, 15) is 8.42 Å². The van der Waals surface area contributed by atoms with Crippen LogP contribution < -0.4 is 15.5 Å². The van der Waals surface area contributed by atoms with Gasteiger partial charge in [-0.1, -0.05) is 17.7 Å². The summed E-state index contributed by atoms with van der Waals surface area (Å²) in [5.41, 5.74) is 2.51. The maximum Gasteiger partial charge on any atom is 0.215 e. The first-order chi connectivity index (χ1) is 14.0. The molecule has 0 spiro atoms. The Morgan fingerprint density at radius 2 is 1.90 bits per heavy atom. The van der Waals surface area contributed by atoms with Gasteiger partial charge < -0.3 is 15.5 Å². The van der Waals surface area contributed by atoms with E-state index in [2.05, 4.69) is 51.7 Å². The molecule has 0 amide bonds. The topological polar surface area (TPSA) is 77.0 Å². The number of piperidine rings is 1. The summed E-state index contributed by atoms with van der Waals surface area (Å²) in [7, 11) is -1.47. The van der Waals surface area contributed by atoms with E-state index < -0.39 is 10.0 Å². The molecule has 1 aromatic rings. The molecular formula is C20H34IN5O2S2. The third kappa shape index (κ3) is 7.45. The predicted molar refractivity (Wildman–Crippen MR) is 139 cm³/mol. The molecule has 2 N–H and O–H groups in total. The summed E-state index contributed by atoms with van der Waals surface area (Å²) < 4.78 is 26.6. The van der Waals surface area contributed by atoms with Crippen LogP contribution in [0.5, 0.6) is 0 Å². The van der Waals surface area contributed by atoms with E-state index in [1.807, 2.05) is 11.8 Å². The number of hydrogen-bond acceptors (Lipinski definition) is 5. The van der Waals surface area contributed by atoms with Gasteiger partial charge in [0, 0.05) is 63.0 Å². The van der Waals surface area contributed by atoms with Crippen LogP contribution in [0, 0.1) is 6.92 Å². The molecule has 170 valence electrons. The number of anilines is 1. The molecule has 2 aliphatic heterocycles. The van der Waals surface area contributed by atoms with Crippen LogP contribution in [0.1, 0.15) is 18.4 Å². The van der Waals surface area contributed by atoms with E-state index in [-0.39, 0.29) is 35.8 Å². The van der Waals surface area contributed by atoms with E-state index in [1.165, 1.54) is 11.3 Å². The molecule has 2 heterocycles. The van der Waals surface area contributed by atoms with Gasteiger partial charge in [-0.3, -0.25) is 4.99 Å². The summed E-state index contributed by atoms with van der Waals surface area (Å²) in [5, 5.41) is 6.65. The fraction of sp³-hybridized carbons (Fsp3) is 0.650. The van der Waals surface area contributed by atoms with Gasteiger partial charge in [-0.15, -0.1) is 24.0 Å². The highest BCUT2D eigenvalue weighted by Crippen LogP contribution is 2.20. The number of thioether (sulfide) groups is 1. The molecule has 7 nitrogen and oxygen atoms in total. The van der Waals surface area contributed by atoms with Gasteiger partial charge in [-0.25, -0.2) is 12.7 Å². The number of nitrogens with zero attached hydrogens (tertiary/aromatic N) is 3. The fourth-order valence-corrected chi connectivity index (χ4v) is 6.22. The van der Waals surface area contributed by atoms with Crippen LogP contribution in [0.25, 0.3) is 0 Å². The summed E-state index contributed by atoms with van der Waals surface area (Å²) in [6.07, 6.45) is 2.19. The number of benzene rings is 1. The van der Waals surface area contributed by atoms with Gasteiger partial charge in [0.1, 0.15) is 0 Å². The maximum absolute atomic E-state index is 12.5. The Bertz CT molecular complexity index is 783. The lowest BCUT2D eigenvalue weighted by atomic mass is 10.0. The Kier molecular flexibility index (Phi) is 10.5. The van der Waals surface area contributed by atoms with Crippen LogP contribution in [0.3, 0.4) is 0 Å². The molecule has 10 heteroatoms. The number of rotatable bonds is 6. The van der Waals surface area contributed by atoms with Crippen molar-refractivity contribution < 1.29 is 8.42 Å². The molecule has 30 heavy (non-hydrogen) atoms. The standard InChI is InChI=1S/C20H33N5O2S2.HI/c1-17-5-7-19(8-6-17)24-10-3-4-18(16-24)23-20(21-2)22-9-15-29(26,27)25-11-13-28-14-12-25;/h5-8,18H,3-4,9-16H2,1-2H3,(H2,21,22,23);1H. The maximum atomic E-state index is 12.5. The van der Waals surface area contributed by atoms with Crippen LogP contribution in [-0.2, 0) is 10.0 Å². The van der Waals surface area contributed by atoms with Gasteiger partial charge in [-0.05, 0) is 31.9 Å². The predicted octanol–water partition coefficient (Wildman–Crippen LogP) is 2.13. The first-order valence-corrected chi connectivity index (χ1v) is 13.1. The zero-order valence-electron chi connectivity index (χ0n) is 17.8. The molecular weight excluding hydrogens is 533 g/mol. The number of sulfonamides is 1. The molecule has 0 bridgehead atoms. The third-order valence-corrected chi connectivity index (χ3v) is 8.22. The van der Waals surface area contributed by atoms with Crippen molar-refractivity contribution in [3.63, 3.8) is 0 Å². The second kappa shape index (κ2) is 12.4. The van der Waals surface area contributed by atoms with Gasteiger partial charge in [0.25, 0.3) is 0 Å². The SMILES string of the molecule is CN=C(NCCS(=O)(=O)N1CCSCC1)NC1CCCN(c2ccc(C)cc2)C1.I. The Hall–Kier alpha value is -0.720. The number of hydrogen-bond donors (Lipinski definition) is 2. The number of aryl methyl sites for hydroxylation is 1. The number of halogens is 1. The lowest BCUT2D eigenvalue weighted by molar-refractivity contribution is 0.443. The van der Waals surface area contributed by atoms with Crippen molar-refractivity contribution in [2.75, 3.05) is 61.9 Å². The molecule has 2 aliphatic rings. The average molecular weight is 568 g/mol. The van der Waals surface area contributed by atoms with E-state index in [0.29, 0.717) is 25.6 Å². The van der Waals surface area contributed by atoms with Crippen molar-refractivity contribution in [2.24, 2.45) is 4.99 Å². The molecule has 2 fully saturated rings. The second-order valence-corrected chi connectivity index (χ2v) is 10.9. The van der Waals surface area contributed by atoms with Crippen molar-refractivity contribution in [2.45, 2.75) is 25.8 Å². The summed E-state index contributed by atoms with van der Waals surface area (Å²) >= 11 is 1.81. The van der Waals surface area contributed by atoms with E-state index >= 15 is 0 Å². The first kappa shape index (κ1) is 25.5. The normalized spacial score (nSPS) is 21.1. The van der Waals surface area contributed by atoms with E-state index in [1.54, 1.807) is 11.4 Å². The fourth-order valence-electron chi connectivity index (χ4n) is 3.73. The van der Waals surface area contributed by atoms with Crippen LogP contribution in [0.15, 0.2) is 29.3 Å². The van der Waals surface area contributed by atoms with Gasteiger partial charge in [0.15, 0.2) is 5.96 Å². The Balaban J connectivity index is 0.00000320. The minimum absolute atomic E-state index is 0. The largest absolute Gasteiger partial charge is 0.369 e. The Morgan fingerprint density at radius 1 is 1.20 bits per heavy atom. The van der Waals surface area contributed by atoms with Crippen molar-refractivity contribution in [3.05, 3.63) is 29.8 Å². The minimum atomic E-state index is -3.20. The molecule has 1 aromatic carbocycles. The summed E-state index contributed by atoms with van der Waals surface area (Å²) in [5.74, 6) is 2.54. The van der Waals surface area contributed by atoms with Crippen LogP contribution >= 0.6 is 35.7 Å². The lowest BCUT2D eigenvalue weighted by Gasteiger charge is -2.35. The molecule has 0 aromatic heterocycles. The zero-order valence-corrected chi connectivity index (χ0v) is 21.8. The van der Waals surface area contributed by atoms with E-state index in [0.717, 1.165) is 37.4 Å². The number of guanidine groups is 1. The lowest BCUT2D eigenvalue weighted by Crippen LogP contribution is -2.52.